The molecule has 0 saturated heterocycles. The highest BCUT2D eigenvalue weighted by Gasteiger charge is 2.23. The lowest BCUT2D eigenvalue weighted by Crippen LogP contribution is -2.04. The van der Waals surface area contributed by atoms with Crippen LogP contribution < -0.4 is 0 Å². The summed E-state index contributed by atoms with van der Waals surface area (Å²) in [6.45, 7) is 4.24. The van der Waals surface area contributed by atoms with Crippen LogP contribution in [0, 0.1) is 25.2 Å². The molecule has 0 N–H and O–H groups in total. The molecular formula is C66H44N6. The zero-order valence-electron chi connectivity index (χ0n) is 39.6. The smallest absolute Gasteiger partial charge is 0.164 e. The first-order chi connectivity index (χ1) is 35.5. The summed E-state index contributed by atoms with van der Waals surface area (Å²) in [5, 5.41) is 15.3. The molecular weight excluding hydrogens is 877 g/mol. The minimum absolute atomic E-state index is 0.521. The van der Waals surface area contributed by atoms with Gasteiger partial charge in [0, 0.05) is 49.5 Å². The van der Waals surface area contributed by atoms with Crippen LogP contribution in [0.1, 0.15) is 16.7 Å². The summed E-state index contributed by atoms with van der Waals surface area (Å²) in [4.78, 5) is 15.7. The van der Waals surface area contributed by atoms with Crippen molar-refractivity contribution >= 4 is 43.6 Å². The van der Waals surface area contributed by atoms with Crippen molar-refractivity contribution in [1.82, 2.24) is 24.1 Å². The van der Waals surface area contributed by atoms with Crippen molar-refractivity contribution in [2.24, 2.45) is 0 Å². The zero-order valence-corrected chi connectivity index (χ0v) is 39.6. The van der Waals surface area contributed by atoms with Gasteiger partial charge in [-0.25, -0.2) is 15.0 Å². The minimum Gasteiger partial charge on any atom is -0.309 e. The minimum atomic E-state index is 0.521. The second-order valence-electron chi connectivity index (χ2n) is 18.5. The quantitative estimate of drug-likeness (QED) is 0.152. The van der Waals surface area contributed by atoms with Gasteiger partial charge in [0.15, 0.2) is 17.5 Å². The van der Waals surface area contributed by atoms with Crippen molar-refractivity contribution in [3.8, 4) is 85.0 Å². The van der Waals surface area contributed by atoms with Gasteiger partial charge in [-0.3, -0.25) is 0 Å². The maximum Gasteiger partial charge on any atom is 0.164 e. The second-order valence-corrected chi connectivity index (χ2v) is 18.5. The number of benzene rings is 10. The summed E-state index contributed by atoms with van der Waals surface area (Å²) >= 11 is 0. The van der Waals surface area contributed by atoms with E-state index in [1.165, 1.54) is 22.3 Å². The van der Waals surface area contributed by atoms with E-state index in [0.29, 0.717) is 23.0 Å². The fourth-order valence-electron chi connectivity index (χ4n) is 10.4. The number of nitrogens with zero attached hydrogens (tertiary/aromatic N) is 6. The Balaban J connectivity index is 1.10. The molecule has 338 valence electrons. The maximum atomic E-state index is 10.7. The summed E-state index contributed by atoms with van der Waals surface area (Å²) in [5.74, 6) is 1.66. The van der Waals surface area contributed by atoms with E-state index in [9.17, 15) is 5.26 Å². The van der Waals surface area contributed by atoms with E-state index < -0.39 is 0 Å². The third kappa shape index (κ3) is 7.31. The van der Waals surface area contributed by atoms with E-state index in [2.05, 4.69) is 187 Å². The van der Waals surface area contributed by atoms with Crippen LogP contribution in [0.25, 0.3) is 123 Å². The Labute approximate surface area is 417 Å². The highest BCUT2D eigenvalue weighted by molar-refractivity contribution is 6.12. The Morgan fingerprint density at radius 2 is 0.806 bits per heavy atom. The molecule has 0 radical (unpaired) electrons. The maximum absolute atomic E-state index is 10.7. The predicted molar refractivity (Wildman–Crippen MR) is 295 cm³/mol. The van der Waals surface area contributed by atoms with Gasteiger partial charge >= 0.3 is 0 Å². The molecule has 10 aromatic carbocycles. The summed E-state index contributed by atoms with van der Waals surface area (Å²) in [7, 11) is 0. The highest BCUT2D eigenvalue weighted by atomic mass is 15.0. The monoisotopic (exact) mass is 920 g/mol. The Morgan fingerprint density at radius 3 is 1.36 bits per heavy atom. The Morgan fingerprint density at radius 1 is 0.333 bits per heavy atom. The number of fused-ring (bicyclic) bond motifs is 6. The summed E-state index contributed by atoms with van der Waals surface area (Å²) in [5.41, 5.74) is 18.1. The van der Waals surface area contributed by atoms with E-state index >= 15 is 0 Å². The Kier molecular flexibility index (Phi) is 10.2. The molecule has 0 fully saturated rings. The molecule has 0 atom stereocenters. The molecule has 0 aliphatic heterocycles. The van der Waals surface area contributed by atoms with E-state index in [4.69, 9.17) is 15.0 Å². The molecule has 0 bridgehead atoms. The third-order valence-corrected chi connectivity index (χ3v) is 14.0. The number of para-hydroxylation sites is 2. The Bertz CT molecular complexity index is 4220. The first kappa shape index (κ1) is 42.4. The lowest BCUT2D eigenvalue weighted by Gasteiger charge is -2.19. The number of nitriles is 1. The molecule has 72 heavy (non-hydrogen) atoms. The van der Waals surface area contributed by atoms with Crippen LogP contribution in [-0.4, -0.2) is 24.1 Å². The normalized spacial score (nSPS) is 11.5. The van der Waals surface area contributed by atoms with Crippen LogP contribution in [0.4, 0.5) is 0 Å². The largest absolute Gasteiger partial charge is 0.309 e. The lowest BCUT2D eigenvalue weighted by molar-refractivity contribution is 1.07. The summed E-state index contributed by atoms with van der Waals surface area (Å²) in [6.07, 6.45) is 0. The summed E-state index contributed by atoms with van der Waals surface area (Å²) in [6, 6.07) is 83.5. The van der Waals surface area contributed by atoms with Gasteiger partial charge in [0.2, 0.25) is 0 Å². The van der Waals surface area contributed by atoms with Gasteiger partial charge in [-0.15, -0.1) is 0 Å². The third-order valence-electron chi connectivity index (χ3n) is 14.0. The van der Waals surface area contributed by atoms with Crippen molar-refractivity contribution in [2.75, 3.05) is 0 Å². The molecule has 0 aliphatic carbocycles. The standard InChI is InChI=1S/C66H44N6/c1-42-21-26-45(27-22-42)49-30-35-61-57(38-49)52-17-9-11-19-59(52)71(61)51-32-33-54(66-69-64(47-13-5-3-6-14-47)68-65(70-66)48-15-7-4-8-16-48)55(40-51)56-37-44(41-67)25-34-62(56)72-60-20-12-10-18-53(60)58-39-50(31-36-63(58)72)46-28-23-43(2)24-29-46/h3-40H,1-2H3. The number of aryl methyl sites for hydroxylation is 2. The predicted octanol–water partition coefficient (Wildman–Crippen LogP) is 16.6. The molecule has 6 heteroatoms. The van der Waals surface area contributed by atoms with Gasteiger partial charge in [0.25, 0.3) is 0 Å². The van der Waals surface area contributed by atoms with Gasteiger partial charge in [0.1, 0.15) is 0 Å². The van der Waals surface area contributed by atoms with Crippen molar-refractivity contribution in [3.05, 3.63) is 247 Å². The molecule has 0 spiro atoms. The zero-order chi connectivity index (χ0) is 48.3. The Hall–Kier alpha value is -9.70. The van der Waals surface area contributed by atoms with E-state index in [-0.39, 0.29) is 0 Å². The lowest BCUT2D eigenvalue weighted by atomic mass is 9.94. The molecule has 0 aliphatic rings. The molecule has 3 aromatic heterocycles. The molecule has 6 nitrogen and oxygen atoms in total. The van der Waals surface area contributed by atoms with Crippen LogP contribution in [0.3, 0.4) is 0 Å². The molecule has 13 rings (SSSR count). The topological polar surface area (TPSA) is 72.3 Å². The molecule has 0 saturated carbocycles. The van der Waals surface area contributed by atoms with E-state index in [1.54, 1.807) is 0 Å². The van der Waals surface area contributed by atoms with Crippen molar-refractivity contribution < 1.29 is 0 Å². The number of aromatic nitrogens is 5. The molecule has 13 aromatic rings. The fraction of sp³-hybridized carbons (Fsp3) is 0.0303. The highest BCUT2D eigenvalue weighted by Crippen LogP contribution is 2.43. The van der Waals surface area contributed by atoms with Crippen molar-refractivity contribution in [1.29, 1.82) is 5.26 Å². The van der Waals surface area contributed by atoms with Crippen LogP contribution in [0.2, 0.25) is 0 Å². The molecule has 3 heterocycles. The SMILES string of the molecule is Cc1ccc(-c2ccc3c(c2)c2ccccc2n3-c2ccc(-c3nc(-c4ccccc4)nc(-c4ccccc4)n3)c(-c3cc(C#N)ccc3-n3c4ccccc4c4cc(-c5ccc(C)cc5)ccc43)c2)cc1. The molecule has 0 amide bonds. The average molecular weight is 921 g/mol. The van der Waals surface area contributed by atoms with Gasteiger partial charge in [0.05, 0.1) is 39.4 Å². The van der Waals surface area contributed by atoms with Crippen LogP contribution in [0.15, 0.2) is 231 Å². The van der Waals surface area contributed by atoms with Gasteiger partial charge < -0.3 is 9.13 Å². The fourth-order valence-corrected chi connectivity index (χ4v) is 10.4. The number of hydrogen-bond donors (Lipinski definition) is 0. The van der Waals surface area contributed by atoms with Crippen molar-refractivity contribution in [3.63, 3.8) is 0 Å². The van der Waals surface area contributed by atoms with E-state index in [0.717, 1.165) is 93.9 Å². The first-order valence-electron chi connectivity index (χ1n) is 24.2. The van der Waals surface area contributed by atoms with Gasteiger partial charge in [-0.05, 0) is 114 Å². The van der Waals surface area contributed by atoms with Crippen LogP contribution in [0.5, 0.6) is 0 Å². The van der Waals surface area contributed by atoms with Crippen molar-refractivity contribution in [2.45, 2.75) is 13.8 Å². The van der Waals surface area contributed by atoms with Gasteiger partial charge in [-0.1, -0.05) is 169 Å². The molecule has 0 unspecified atom stereocenters. The van der Waals surface area contributed by atoms with Crippen LogP contribution in [-0.2, 0) is 0 Å². The summed E-state index contributed by atoms with van der Waals surface area (Å²) < 4.78 is 4.71. The second kappa shape index (κ2) is 17.4. The van der Waals surface area contributed by atoms with Crippen LogP contribution >= 0.6 is 0 Å². The average Bonchev–Trinajstić information content (AvgIpc) is 3.95. The number of rotatable bonds is 8. The first-order valence-corrected chi connectivity index (χ1v) is 24.2. The number of hydrogen-bond acceptors (Lipinski definition) is 4. The van der Waals surface area contributed by atoms with E-state index in [1.807, 2.05) is 72.8 Å². The van der Waals surface area contributed by atoms with Gasteiger partial charge in [-0.2, -0.15) is 5.26 Å².